The largest absolute Gasteiger partial charge is 0.389 e. The van der Waals surface area contributed by atoms with E-state index in [1.54, 1.807) is 11.3 Å². The van der Waals surface area contributed by atoms with Gasteiger partial charge in [0.15, 0.2) is 5.13 Å². The molecule has 1 aliphatic heterocycles. The fourth-order valence-electron chi connectivity index (χ4n) is 4.80. The summed E-state index contributed by atoms with van der Waals surface area (Å²) < 4.78 is 5.88. The second-order valence-electron chi connectivity index (χ2n) is 8.59. The summed E-state index contributed by atoms with van der Waals surface area (Å²) in [6.07, 6.45) is 6.36. The summed E-state index contributed by atoms with van der Waals surface area (Å²) in [6, 6.07) is 0. The van der Waals surface area contributed by atoms with Crippen LogP contribution in [0.2, 0.25) is 0 Å². The smallest absolute Gasteiger partial charge is 0.185 e. The molecule has 4 aliphatic rings. The van der Waals surface area contributed by atoms with Crippen LogP contribution in [0.5, 0.6) is 0 Å². The second kappa shape index (κ2) is 7.58. The zero-order valence-electron chi connectivity index (χ0n) is 15.9. The van der Waals surface area contributed by atoms with Crippen molar-refractivity contribution in [2.75, 3.05) is 50.8 Å². The van der Waals surface area contributed by atoms with Crippen molar-refractivity contribution in [3.63, 3.8) is 0 Å². The number of rotatable bonds is 7. The zero-order valence-corrected chi connectivity index (χ0v) is 16.7. The predicted molar refractivity (Wildman–Crippen MR) is 106 cm³/mol. The van der Waals surface area contributed by atoms with Gasteiger partial charge in [-0.1, -0.05) is 19.9 Å². The number of allylic oxidation sites excluding steroid dienone is 1. The van der Waals surface area contributed by atoms with Gasteiger partial charge in [-0.05, 0) is 35.7 Å². The van der Waals surface area contributed by atoms with E-state index in [1.807, 2.05) is 11.6 Å². The highest BCUT2D eigenvalue weighted by Gasteiger charge is 2.50. The van der Waals surface area contributed by atoms with E-state index in [-0.39, 0.29) is 0 Å². The Morgan fingerprint density at radius 3 is 2.81 bits per heavy atom. The number of ether oxygens (including phenoxy) is 1. The van der Waals surface area contributed by atoms with Crippen molar-refractivity contribution in [3.05, 3.63) is 23.2 Å². The molecule has 5 nitrogen and oxygen atoms in total. The number of anilines is 1. The molecule has 1 aromatic heterocycles. The molecule has 0 radical (unpaired) electrons. The molecular weight excluding hydrogens is 346 g/mol. The van der Waals surface area contributed by atoms with Gasteiger partial charge in [0.2, 0.25) is 0 Å². The number of piperazine rings is 1. The molecule has 0 amide bonds. The highest BCUT2D eigenvalue weighted by Crippen LogP contribution is 2.59. The van der Waals surface area contributed by atoms with Crippen molar-refractivity contribution in [2.45, 2.75) is 32.8 Å². The summed E-state index contributed by atoms with van der Waals surface area (Å²) in [6.45, 7) is 10.5. The minimum absolute atomic E-state index is 0.409. The molecule has 2 bridgehead atoms. The molecule has 6 heteroatoms. The summed E-state index contributed by atoms with van der Waals surface area (Å²) in [5.41, 5.74) is 1.91. The number of nitrogens with zero attached hydrogens (tertiary/aromatic N) is 3. The molecule has 1 aromatic rings. The quantitative estimate of drug-likeness (QED) is 0.740. The van der Waals surface area contributed by atoms with Gasteiger partial charge in [0.25, 0.3) is 0 Å². The van der Waals surface area contributed by atoms with Crippen LogP contribution in [0.1, 0.15) is 26.7 Å². The number of thiazole rings is 1. The van der Waals surface area contributed by atoms with E-state index in [0.717, 1.165) is 37.2 Å². The van der Waals surface area contributed by atoms with E-state index >= 15 is 0 Å². The Labute approximate surface area is 160 Å². The highest BCUT2D eigenvalue weighted by atomic mass is 32.1. The van der Waals surface area contributed by atoms with Crippen LogP contribution in [-0.4, -0.2) is 67.0 Å². The summed E-state index contributed by atoms with van der Waals surface area (Å²) in [7, 11) is 0. The number of aliphatic hydroxyl groups excluding tert-OH is 1. The third kappa shape index (κ3) is 3.70. The third-order valence-corrected chi connectivity index (χ3v) is 7.52. The SMILES string of the molecule is CC1(C)C2CC=C(COCC(O)CN3CCN(c4nccs4)CC3)C1C2. The molecule has 144 valence electrons. The zero-order chi connectivity index (χ0) is 18.1. The van der Waals surface area contributed by atoms with Crippen molar-refractivity contribution in [1.82, 2.24) is 9.88 Å². The lowest BCUT2D eigenvalue weighted by atomic mass is 9.49. The van der Waals surface area contributed by atoms with E-state index in [0.29, 0.717) is 31.1 Å². The molecule has 3 unspecified atom stereocenters. The van der Waals surface area contributed by atoms with Crippen molar-refractivity contribution in [2.24, 2.45) is 17.3 Å². The highest BCUT2D eigenvalue weighted by molar-refractivity contribution is 7.13. The first-order valence-electron chi connectivity index (χ1n) is 9.85. The van der Waals surface area contributed by atoms with Gasteiger partial charge >= 0.3 is 0 Å². The molecule has 0 aromatic carbocycles. The molecule has 3 aliphatic carbocycles. The molecule has 2 heterocycles. The summed E-state index contributed by atoms with van der Waals surface area (Å²) >= 11 is 1.69. The van der Waals surface area contributed by atoms with Crippen LogP contribution >= 0.6 is 11.3 Å². The lowest BCUT2D eigenvalue weighted by Crippen LogP contribution is -2.49. The van der Waals surface area contributed by atoms with Crippen LogP contribution in [0.4, 0.5) is 5.13 Å². The molecular formula is C20H31N3O2S. The van der Waals surface area contributed by atoms with Crippen LogP contribution in [0.3, 0.4) is 0 Å². The van der Waals surface area contributed by atoms with Crippen LogP contribution in [-0.2, 0) is 4.74 Å². The minimum Gasteiger partial charge on any atom is -0.389 e. The first kappa shape index (κ1) is 18.4. The Morgan fingerprint density at radius 2 is 2.15 bits per heavy atom. The monoisotopic (exact) mass is 377 g/mol. The molecule has 1 saturated carbocycles. The topological polar surface area (TPSA) is 48.8 Å². The Balaban J connectivity index is 1.15. The van der Waals surface area contributed by atoms with Crippen molar-refractivity contribution < 1.29 is 9.84 Å². The van der Waals surface area contributed by atoms with Gasteiger partial charge in [0.05, 0.1) is 19.3 Å². The van der Waals surface area contributed by atoms with Gasteiger partial charge in [-0.2, -0.15) is 0 Å². The third-order valence-electron chi connectivity index (χ3n) is 6.69. The summed E-state index contributed by atoms with van der Waals surface area (Å²) in [4.78, 5) is 9.04. The van der Waals surface area contributed by atoms with Gasteiger partial charge in [-0.25, -0.2) is 4.98 Å². The lowest BCUT2D eigenvalue weighted by molar-refractivity contribution is -0.0262. The van der Waals surface area contributed by atoms with E-state index < -0.39 is 6.10 Å². The number of β-amino-alcohol motifs (C(OH)–C–C–N with tert-alkyl or cyclic N) is 1. The maximum absolute atomic E-state index is 10.3. The Hall–Kier alpha value is -0.950. The van der Waals surface area contributed by atoms with Crippen LogP contribution < -0.4 is 4.90 Å². The average molecular weight is 378 g/mol. The van der Waals surface area contributed by atoms with Gasteiger partial charge in [0, 0.05) is 44.3 Å². The van der Waals surface area contributed by atoms with Crippen molar-refractivity contribution in [1.29, 1.82) is 0 Å². The Morgan fingerprint density at radius 1 is 1.35 bits per heavy atom. The molecule has 1 N–H and O–H groups in total. The number of aliphatic hydroxyl groups is 1. The lowest BCUT2D eigenvalue weighted by Gasteiger charge is -2.56. The number of fused-ring (bicyclic) bond motifs is 1. The molecule has 2 fully saturated rings. The number of hydrogen-bond donors (Lipinski definition) is 1. The van der Waals surface area contributed by atoms with E-state index in [4.69, 9.17) is 4.74 Å². The summed E-state index contributed by atoms with van der Waals surface area (Å²) in [5, 5.41) is 13.5. The number of hydrogen-bond acceptors (Lipinski definition) is 6. The minimum atomic E-state index is -0.409. The fraction of sp³-hybridized carbons (Fsp3) is 0.750. The van der Waals surface area contributed by atoms with Gasteiger partial charge < -0.3 is 14.7 Å². The van der Waals surface area contributed by atoms with E-state index in [9.17, 15) is 5.11 Å². The fourth-order valence-corrected chi connectivity index (χ4v) is 5.49. The predicted octanol–water partition coefficient (Wildman–Crippen LogP) is 2.64. The second-order valence-corrected chi connectivity index (χ2v) is 9.47. The normalized spacial score (nSPS) is 29.2. The van der Waals surface area contributed by atoms with Crippen LogP contribution in [0, 0.1) is 17.3 Å². The van der Waals surface area contributed by atoms with E-state index in [1.165, 1.54) is 18.4 Å². The van der Waals surface area contributed by atoms with Gasteiger partial charge in [-0.3, -0.25) is 4.90 Å². The van der Waals surface area contributed by atoms with E-state index in [2.05, 4.69) is 34.7 Å². The maximum Gasteiger partial charge on any atom is 0.185 e. The van der Waals surface area contributed by atoms with Gasteiger partial charge in [-0.15, -0.1) is 11.3 Å². The first-order chi connectivity index (χ1) is 12.5. The van der Waals surface area contributed by atoms with Crippen molar-refractivity contribution >= 4 is 16.5 Å². The molecule has 0 spiro atoms. The molecule has 3 atom stereocenters. The number of aromatic nitrogens is 1. The molecule has 26 heavy (non-hydrogen) atoms. The van der Waals surface area contributed by atoms with Crippen LogP contribution in [0.25, 0.3) is 0 Å². The van der Waals surface area contributed by atoms with Gasteiger partial charge in [0.1, 0.15) is 0 Å². The first-order valence-corrected chi connectivity index (χ1v) is 10.7. The Kier molecular flexibility index (Phi) is 5.37. The average Bonchev–Trinajstić information content (AvgIpc) is 3.17. The Bertz CT molecular complexity index is 623. The summed E-state index contributed by atoms with van der Waals surface area (Å²) in [5.74, 6) is 1.56. The van der Waals surface area contributed by atoms with Crippen molar-refractivity contribution in [3.8, 4) is 0 Å². The maximum atomic E-state index is 10.3. The van der Waals surface area contributed by atoms with Crippen LogP contribution in [0.15, 0.2) is 23.2 Å². The standard InChI is InChI=1S/C20H31N3O2S/c1-20(2)16-4-3-15(18(20)11-16)13-25-14-17(24)12-22-6-8-23(9-7-22)19-21-5-10-26-19/h3,5,10,16-18,24H,4,6-9,11-14H2,1-2H3. The molecule has 5 rings (SSSR count). The molecule has 1 saturated heterocycles.